The number of aryl methyl sites for hydroxylation is 2. The van der Waals surface area contributed by atoms with Gasteiger partial charge in [-0.05, 0) is 42.7 Å². The molecule has 3 rings (SSSR count). The molecule has 134 valence electrons. The number of imidazole rings is 1. The second-order valence-electron chi connectivity index (χ2n) is 6.49. The zero-order valence-electron chi connectivity index (χ0n) is 15.5. The SMILES string of the molecule is Cc1ccc(-n2ccnc2S[C@@H](C(=O)N(C)C)c2ccccc2)cc1C. The smallest absolute Gasteiger partial charge is 0.240 e. The van der Waals surface area contributed by atoms with Crippen molar-refractivity contribution < 1.29 is 4.79 Å². The average molecular weight is 366 g/mol. The van der Waals surface area contributed by atoms with Gasteiger partial charge >= 0.3 is 0 Å². The van der Waals surface area contributed by atoms with Crippen molar-refractivity contribution in [3.8, 4) is 5.69 Å². The number of amides is 1. The highest BCUT2D eigenvalue weighted by molar-refractivity contribution is 8.00. The second kappa shape index (κ2) is 7.79. The first kappa shape index (κ1) is 18.3. The predicted octanol–water partition coefficient (Wildman–Crippen LogP) is 4.41. The Morgan fingerprint density at radius 3 is 2.46 bits per heavy atom. The van der Waals surface area contributed by atoms with Gasteiger partial charge in [-0.25, -0.2) is 4.98 Å². The summed E-state index contributed by atoms with van der Waals surface area (Å²) in [6.45, 7) is 4.20. The molecular formula is C21H23N3OS. The summed E-state index contributed by atoms with van der Waals surface area (Å²) >= 11 is 1.48. The zero-order chi connectivity index (χ0) is 18.7. The van der Waals surface area contributed by atoms with E-state index >= 15 is 0 Å². The van der Waals surface area contributed by atoms with Crippen LogP contribution in [-0.4, -0.2) is 34.5 Å². The average Bonchev–Trinajstić information content (AvgIpc) is 3.10. The number of nitrogens with zero attached hydrogens (tertiary/aromatic N) is 3. The van der Waals surface area contributed by atoms with Crippen LogP contribution in [0.2, 0.25) is 0 Å². The largest absolute Gasteiger partial charge is 0.348 e. The molecule has 1 heterocycles. The van der Waals surface area contributed by atoms with Crippen molar-refractivity contribution in [3.05, 3.63) is 77.6 Å². The molecule has 3 aromatic rings. The number of benzene rings is 2. The summed E-state index contributed by atoms with van der Waals surface area (Å²) in [5.41, 5.74) is 4.52. The van der Waals surface area contributed by atoms with Crippen molar-refractivity contribution in [1.82, 2.24) is 14.5 Å². The van der Waals surface area contributed by atoms with E-state index in [0.717, 1.165) is 16.4 Å². The van der Waals surface area contributed by atoms with Crippen LogP contribution in [0.25, 0.3) is 5.69 Å². The number of hydrogen-bond donors (Lipinski definition) is 0. The van der Waals surface area contributed by atoms with Crippen LogP contribution in [0.1, 0.15) is 21.9 Å². The van der Waals surface area contributed by atoms with E-state index in [9.17, 15) is 4.79 Å². The number of thioether (sulfide) groups is 1. The highest BCUT2D eigenvalue weighted by Gasteiger charge is 2.25. The van der Waals surface area contributed by atoms with E-state index in [1.165, 1.54) is 22.9 Å². The monoisotopic (exact) mass is 365 g/mol. The number of aromatic nitrogens is 2. The maximum Gasteiger partial charge on any atom is 0.240 e. The normalized spacial score (nSPS) is 12.0. The molecule has 1 atom stereocenters. The topological polar surface area (TPSA) is 38.1 Å². The van der Waals surface area contributed by atoms with E-state index in [-0.39, 0.29) is 11.2 Å². The van der Waals surface area contributed by atoms with Gasteiger partial charge in [0, 0.05) is 32.2 Å². The van der Waals surface area contributed by atoms with E-state index in [4.69, 9.17) is 0 Å². The van der Waals surface area contributed by atoms with Gasteiger partial charge in [0.25, 0.3) is 0 Å². The lowest BCUT2D eigenvalue weighted by molar-refractivity contribution is -0.128. The van der Waals surface area contributed by atoms with Gasteiger partial charge in [0.2, 0.25) is 5.91 Å². The Hall–Kier alpha value is -2.53. The van der Waals surface area contributed by atoms with Gasteiger partial charge in [-0.15, -0.1) is 0 Å². The zero-order valence-corrected chi connectivity index (χ0v) is 16.3. The van der Waals surface area contributed by atoms with Gasteiger partial charge < -0.3 is 4.90 Å². The molecule has 5 heteroatoms. The van der Waals surface area contributed by atoms with Gasteiger partial charge in [-0.3, -0.25) is 9.36 Å². The lowest BCUT2D eigenvalue weighted by Gasteiger charge is -2.20. The molecule has 0 saturated heterocycles. The van der Waals surface area contributed by atoms with Crippen molar-refractivity contribution in [2.24, 2.45) is 0 Å². The van der Waals surface area contributed by atoms with Crippen LogP contribution in [0.3, 0.4) is 0 Å². The van der Waals surface area contributed by atoms with Crippen LogP contribution < -0.4 is 0 Å². The van der Waals surface area contributed by atoms with E-state index in [1.54, 1.807) is 25.2 Å². The highest BCUT2D eigenvalue weighted by Crippen LogP contribution is 2.36. The van der Waals surface area contributed by atoms with Crippen LogP contribution in [0.5, 0.6) is 0 Å². The Bertz CT molecular complexity index is 903. The summed E-state index contributed by atoms with van der Waals surface area (Å²) in [6, 6.07) is 16.2. The standard InChI is InChI=1S/C21H23N3OS/c1-15-10-11-18(14-16(15)2)24-13-12-22-21(24)26-19(20(25)23(3)4)17-8-6-5-7-9-17/h5-14,19H,1-4H3/t19-/m1/s1. The van der Waals surface area contributed by atoms with Gasteiger partial charge in [-0.1, -0.05) is 48.2 Å². The Morgan fingerprint density at radius 1 is 1.08 bits per heavy atom. The van der Waals surface area contributed by atoms with Crippen LogP contribution in [0.4, 0.5) is 0 Å². The Kier molecular flexibility index (Phi) is 5.47. The molecule has 0 aliphatic rings. The Balaban J connectivity index is 1.97. The van der Waals surface area contributed by atoms with Crippen LogP contribution >= 0.6 is 11.8 Å². The lowest BCUT2D eigenvalue weighted by Crippen LogP contribution is -2.26. The fraction of sp³-hybridized carbons (Fsp3) is 0.238. The molecule has 0 saturated carbocycles. The summed E-state index contributed by atoms with van der Waals surface area (Å²) in [4.78, 5) is 18.9. The molecule has 0 aliphatic heterocycles. The number of carbonyl (C=O) groups is 1. The second-order valence-corrected chi connectivity index (χ2v) is 7.56. The minimum atomic E-state index is -0.334. The van der Waals surface area contributed by atoms with Crippen molar-refractivity contribution in [3.63, 3.8) is 0 Å². The molecule has 2 aromatic carbocycles. The number of carbonyl (C=O) groups excluding carboxylic acids is 1. The first-order valence-electron chi connectivity index (χ1n) is 8.51. The minimum absolute atomic E-state index is 0.0517. The molecule has 0 spiro atoms. The molecule has 1 aromatic heterocycles. The van der Waals surface area contributed by atoms with E-state index in [0.29, 0.717) is 0 Å². The van der Waals surface area contributed by atoms with E-state index in [2.05, 4.69) is 37.0 Å². The van der Waals surface area contributed by atoms with Crippen LogP contribution in [0.15, 0.2) is 66.1 Å². The van der Waals surface area contributed by atoms with Crippen LogP contribution in [0, 0.1) is 13.8 Å². The Labute approximate surface area is 158 Å². The first-order valence-corrected chi connectivity index (χ1v) is 9.39. The quantitative estimate of drug-likeness (QED) is 0.629. The van der Waals surface area contributed by atoms with Crippen molar-refractivity contribution in [2.75, 3.05) is 14.1 Å². The maximum absolute atomic E-state index is 12.8. The van der Waals surface area contributed by atoms with Crippen molar-refractivity contribution in [1.29, 1.82) is 0 Å². The molecule has 4 nitrogen and oxygen atoms in total. The minimum Gasteiger partial charge on any atom is -0.348 e. The molecule has 1 amide bonds. The van der Waals surface area contributed by atoms with Gasteiger partial charge in [0.15, 0.2) is 5.16 Å². The third kappa shape index (κ3) is 3.83. The number of rotatable bonds is 5. The van der Waals surface area contributed by atoms with Gasteiger partial charge in [-0.2, -0.15) is 0 Å². The summed E-state index contributed by atoms with van der Waals surface area (Å²) in [5, 5.41) is 0.469. The fourth-order valence-electron chi connectivity index (χ4n) is 2.68. The fourth-order valence-corrected chi connectivity index (χ4v) is 3.89. The van der Waals surface area contributed by atoms with Crippen molar-refractivity contribution in [2.45, 2.75) is 24.3 Å². The van der Waals surface area contributed by atoms with E-state index < -0.39 is 0 Å². The number of likely N-dealkylation sites (N-methyl/N-ethyl adjacent to an activating group) is 1. The predicted molar refractivity (Wildman–Crippen MR) is 107 cm³/mol. The third-order valence-electron chi connectivity index (χ3n) is 4.37. The van der Waals surface area contributed by atoms with Gasteiger partial charge in [0.1, 0.15) is 5.25 Å². The first-order chi connectivity index (χ1) is 12.5. The highest BCUT2D eigenvalue weighted by atomic mass is 32.2. The maximum atomic E-state index is 12.8. The summed E-state index contributed by atoms with van der Waals surface area (Å²) in [7, 11) is 3.57. The molecule has 0 radical (unpaired) electrons. The van der Waals surface area contributed by atoms with Crippen molar-refractivity contribution >= 4 is 17.7 Å². The number of hydrogen-bond acceptors (Lipinski definition) is 3. The molecular weight excluding hydrogens is 342 g/mol. The summed E-state index contributed by atoms with van der Waals surface area (Å²) < 4.78 is 2.04. The van der Waals surface area contributed by atoms with E-state index in [1.807, 2.05) is 41.1 Å². The molecule has 0 aliphatic carbocycles. The summed E-state index contributed by atoms with van der Waals surface area (Å²) in [5.74, 6) is 0.0517. The Morgan fingerprint density at radius 2 is 1.81 bits per heavy atom. The molecule has 26 heavy (non-hydrogen) atoms. The van der Waals surface area contributed by atoms with Gasteiger partial charge in [0.05, 0.1) is 0 Å². The summed E-state index contributed by atoms with van der Waals surface area (Å²) in [6.07, 6.45) is 3.72. The lowest BCUT2D eigenvalue weighted by atomic mass is 10.1. The molecule has 0 bridgehead atoms. The third-order valence-corrected chi connectivity index (χ3v) is 5.59. The molecule has 0 fully saturated rings. The molecule has 0 unspecified atom stereocenters. The molecule has 0 N–H and O–H groups in total. The van der Waals surface area contributed by atoms with Crippen LogP contribution in [-0.2, 0) is 4.79 Å².